The Morgan fingerprint density at radius 2 is 2.00 bits per heavy atom. The first kappa shape index (κ1) is 19.2. The predicted molar refractivity (Wildman–Crippen MR) is 97.6 cm³/mol. The molecule has 146 valence electrons. The van der Waals surface area contributed by atoms with E-state index >= 15 is 0 Å². The Kier molecular flexibility index (Phi) is 5.78. The molecule has 0 spiro atoms. The van der Waals surface area contributed by atoms with Gasteiger partial charge in [-0.2, -0.15) is 0 Å². The minimum Gasteiger partial charge on any atom is -0.493 e. The maximum absolute atomic E-state index is 11.7. The summed E-state index contributed by atoms with van der Waals surface area (Å²) in [6.45, 7) is 3.84. The zero-order valence-electron chi connectivity index (χ0n) is 15.7. The number of aryl methyl sites for hydroxylation is 1. The zero-order chi connectivity index (χ0) is 20.1. The molecule has 0 aliphatic carbocycles. The molecule has 3 rings (SSSR count). The molecule has 2 heterocycles. The molecule has 8 heteroatoms. The third kappa shape index (κ3) is 4.06. The van der Waals surface area contributed by atoms with Gasteiger partial charge in [-0.1, -0.05) is 0 Å². The Labute approximate surface area is 161 Å². The fraction of sp³-hybridized carbons (Fsp3) is 0.250. The summed E-state index contributed by atoms with van der Waals surface area (Å²) in [5.74, 6) is 1.53. The van der Waals surface area contributed by atoms with Crippen molar-refractivity contribution in [2.24, 2.45) is 0 Å². The first-order chi connectivity index (χ1) is 13.5. The van der Waals surface area contributed by atoms with Crippen LogP contribution in [0.1, 0.15) is 39.3 Å². The van der Waals surface area contributed by atoms with Gasteiger partial charge in [0, 0.05) is 5.56 Å². The number of methoxy groups -OCH3 is 1. The highest BCUT2D eigenvalue weighted by Crippen LogP contribution is 2.29. The summed E-state index contributed by atoms with van der Waals surface area (Å²) in [5.41, 5.74) is 1.05. The van der Waals surface area contributed by atoms with Crippen LogP contribution < -0.4 is 9.47 Å². The van der Waals surface area contributed by atoms with Crippen LogP contribution in [-0.4, -0.2) is 31.0 Å². The third-order valence-electron chi connectivity index (χ3n) is 3.87. The number of esters is 1. The second-order valence-corrected chi connectivity index (χ2v) is 5.72. The molecule has 0 bridgehead atoms. The second kappa shape index (κ2) is 8.43. The van der Waals surface area contributed by atoms with Crippen molar-refractivity contribution in [3.63, 3.8) is 0 Å². The lowest BCUT2D eigenvalue weighted by atomic mass is 10.2. The largest absolute Gasteiger partial charge is 0.493 e. The van der Waals surface area contributed by atoms with Gasteiger partial charge in [-0.3, -0.25) is 4.79 Å². The van der Waals surface area contributed by atoms with E-state index in [0.717, 1.165) is 6.29 Å². The lowest BCUT2D eigenvalue weighted by Gasteiger charge is -2.10. The highest BCUT2D eigenvalue weighted by atomic mass is 16.5. The number of benzene rings is 1. The molecular weight excluding hydrogens is 366 g/mol. The van der Waals surface area contributed by atoms with Gasteiger partial charge in [-0.25, -0.2) is 9.78 Å². The molecule has 8 nitrogen and oxygen atoms in total. The highest BCUT2D eigenvalue weighted by Gasteiger charge is 2.19. The topological polar surface area (TPSA) is 101 Å². The van der Waals surface area contributed by atoms with Crippen molar-refractivity contribution in [1.82, 2.24) is 4.98 Å². The van der Waals surface area contributed by atoms with Crippen LogP contribution in [0.5, 0.6) is 11.5 Å². The van der Waals surface area contributed by atoms with Gasteiger partial charge in [-0.05, 0) is 44.2 Å². The molecule has 0 aliphatic heterocycles. The molecule has 1 aromatic carbocycles. The van der Waals surface area contributed by atoms with Crippen LogP contribution in [0.4, 0.5) is 0 Å². The minimum absolute atomic E-state index is 0.0745. The number of hydrogen-bond donors (Lipinski definition) is 0. The van der Waals surface area contributed by atoms with E-state index in [0.29, 0.717) is 34.3 Å². The summed E-state index contributed by atoms with van der Waals surface area (Å²) < 4.78 is 27.0. The van der Waals surface area contributed by atoms with Gasteiger partial charge in [0.25, 0.3) is 5.89 Å². The normalized spacial score (nSPS) is 10.5. The number of oxazole rings is 1. The summed E-state index contributed by atoms with van der Waals surface area (Å²) in [5, 5.41) is 0. The summed E-state index contributed by atoms with van der Waals surface area (Å²) in [6.07, 6.45) is 0.730. The van der Waals surface area contributed by atoms with Crippen LogP contribution in [0.25, 0.3) is 11.7 Å². The van der Waals surface area contributed by atoms with Crippen molar-refractivity contribution >= 4 is 12.3 Å². The van der Waals surface area contributed by atoms with Gasteiger partial charge in [0.15, 0.2) is 17.3 Å². The number of carbonyl (C=O) groups is 2. The quantitative estimate of drug-likeness (QED) is 0.426. The van der Waals surface area contributed by atoms with Crippen LogP contribution in [0, 0.1) is 6.92 Å². The fourth-order valence-electron chi connectivity index (χ4n) is 2.45. The number of hydrogen-bond acceptors (Lipinski definition) is 8. The van der Waals surface area contributed by atoms with Gasteiger partial charge >= 0.3 is 5.97 Å². The van der Waals surface area contributed by atoms with Crippen LogP contribution >= 0.6 is 0 Å². The van der Waals surface area contributed by atoms with E-state index in [-0.39, 0.29) is 24.9 Å². The van der Waals surface area contributed by atoms with Gasteiger partial charge in [0.2, 0.25) is 5.76 Å². The predicted octanol–water partition coefficient (Wildman–Crippen LogP) is 3.82. The van der Waals surface area contributed by atoms with Crippen molar-refractivity contribution in [3.05, 3.63) is 53.1 Å². The summed E-state index contributed by atoms with van der Waals surface area (Å²) in [4.78, 5) is 26.9. The Morgan fingerprint density at radius 3 is 2.71 bits per heavy atom. The SMILES string of the molecule is CCOC(=O)c1ccc(-c2nc(COc3ccc(C=O)cc3OC)c(C)o2)o1. The van der Waals surface area contributed by atoms with E-state index in [2.05, 4.69) is 4.98 Å². The number of aldehydes is 1. The Morgan fingerprint density at radius 1 is 1.18 bits per heavy atom. The Bertz CT molecular complexity index is 986. The molecule has 0 aliphatic rings. The first-order valence-corrected chi connectivity index (χ1v) is 8.55. The van der Waals surface area contributed by atoms with E-state index in [1.165, 1.54) is 13.2 Å². The van der Waals surface area contributed by atoms with Crippen LogP contribution in [0.2, 0.25) is 0 Å². The molecule has 0 saturated heterocycles. The number of nitrogens with zero attached hydrogens (tertiary/aromatic N) is 1. The lowest BCUT2D eigenvalue weighted by molar-refractivity contribution is 0.0491. The van der Waals surface area contributed by atoms with Gasteiger partial charge in [0.05, 0.1) is 13.7 Å². The Hall–Kier alpha value is -3.55. The molecule has 0 radical (unpaired) electrons. The molecule has 28 heavy (non-hydrogen) atoms. The average molecular weight is 385 g/mol. The number of carbonyl (C=O) groups excluding carboxylic acids is 2. The van der Waals surface area contributed by atoms with Gasteiger partial charge < -0.3 is 23.0 Å². The van der Waals surface area contributed by atoms with E-state index in [4.69, 9.17) is 23.0 Å². The number of ether oxygens (including phenoxy) is 3. The van der Waals surface area contributed by atoms with Crippen molar-refractivity contribution in [3.8, 4) is 23.1 Å². The van der Waals surface area contributed by atoms with Gasteiger partial charge in [-0.15, -0.1) is 0 Å². The van der Waals surface area contributed by atoms with Crippen LogP contribution in [0.15, 0.2) is 39.2 Å². The number of aromatic nitrogens is 1. The van der Waals surface area contributed by atoms with Crippen molar-refractivity contribution in [2.75, 3.05) is 13.7 Å². The summed E-state index contributed by atoms with van der Waals surface area (Å²) >= 11 is 0. The van der Waals surface area contributed by atoms with E-state index in [9.17, 15) is 9.59 Å². The molecule has 2 aromatic heterocycles. The first-order valence-electron chi connectivity index (χ1n) is 8.55. The van der Waals surface area contributed by atoms with Crippen LogP contribution in [0.3, 0.4) is 0 Å². The van der Waals surface area contributed by atoms with Gasteiger partial charge in [0.1, 0.15) is 24.3 Å². The molecule has 0 N–H and O–H groups in total. The van der Waals surface area contributed by atoms with Crippen molar-refractivity contribution < 1.29 is 32.6 Å². The maximum atomic E-state index is 11.7. The second-order valence-electron chi connectivity index (χ2n) is 5.72. The number of furan rings is 1. The molecule has 0 amide bonds. The van der Waals surface area contributed by atoms with E-state index in [1.54, 1.807) is 38.1 Å². The summed E-state index contributed by atoms with van der Waals surface area (Å²) in [6, 6.07) is 7.96. The Balaban J connectivity index is 1.75. The molecule has 0 saturated carbocycles. The smallest absolute Gasteiger partial charge is 0.374 e. The zero-order valence-corrected chi connectivity index (χ0v) is 15.7. The lowest BCUT2D eigenvalue weighted by Crippen LogP contribution is -2.02. The molecule has 3 aromatic rings. The van der Waals surface area contributed by atoms with Crippen molar-refractivity contribution in [2.45, 2.75) is 20.5 Å². The average Bonchev–Trinajstić information content (AvgIpc) is 3.33. The fourth-order valence-corrected chi connectivity index (χ4v) is 2.45. The number of rotatable bonds is 8. The standard InChI is InChI=1S/C20H19NO7/c1-4-25-20(23)17-8-7-16(28-17)19-21-14(12(2)27-19)11-26-15-6-5-13(10-22)9-18(15)24-3/h5-10H,4,11H2,1-3H3. The third-order valence-corrected chi connectivity index (χ3v) is 3.87. The maximum Gasteiger partial charge on any atom is 0.374 e. The highest BCUT2D eigenvalue weighted by molar-refractivity contribution is 5.86. The van der Waals surface area contributed by atoms with E-state index in [1.807, 2.05) is 0 Å². The van der Waals surface area contributed by atoms with Crippen molar-refractivity contribution in [1.29, 1.82) is 0 Å². The molecule has 0 unspecified atom stereocenters. The molecule has 0 fully saturated rings. The van der Waals surface area contributed by atoms with Crippen LogP contribution in [-0.2, 0) is 11.3 Å². The minimum atomic E-state index is -0.550. The summed E-state index contributed by atoms with van der Waals surface area (Å²) in [7, 11) is 1.49. The molecular formula is C20H19NO7. The molecule has 0 atom stereocenters. The van der Waals surface area contributed by atoms with E-state index < -0.39 is 5.97 Å². The monoisotopic (exact) mass is 385 g/mol.